The Morgan fingerprint density at radius 3 is 2.34 bits per heavy atom. The summed E-state index contributed by atoms with van der Waals surface area (Å²) in [5.41, 5.74) is -0.472. The molecule has 7 nitrogen and oxygen atoms in total. The van der Waals surface area contributed by atoms with Gasteiger partial charge in [0.25, 0.3) is 0 Å². The number of carbonyl (C=O) groups excluding carboxylic acids is 1. The molecule has 0 aliphatic carbocycles. The van der Waals surface area contributed by atoms with Gasteiger partial charge in [-0.25, -0.2) is 14.8 Å². The zero-order chi connectivity index (χ0) is 20.8. The maximum Gasteiger partial charge on any atom is 0.410 e. The van der Waals surface area contributed by atoms with E-state index in [0.717, 1.165) is 38.6 Å². The molecule has 0 radical (unpaired) electrons. The van der Waals surface area contributed by atoms with Crippen molar-refractivity contribution in [1.29, 1.82) is 0 Å². The van der Waals surface area contributed by atoms with Gasteiger partial charge in [-0.3, -0.25) is 0 Å². The van der Waals surface area contributed by atoms with Crippen molar-refractivity contribution in [3.63, 3.8) is 0 Å². The maximum absolute atomic E-state index is 12.7. The lowest BCUT2D eigenvalue weighted by molar-refractivity contribution is -0.0162. The van der Waals surface area contributed by atoms with Gasteiger partial charge in [0.05, 0.1) is 23.5 Å². The van der Waals surface area contributed by atoms with Crippen LogP contribution in [0.4, 0.5) is 10.7 Å². The highest BCUT2D eigenvalue weighted by Crippen LogP contribution is 2.44. The number of hydrogen-bond donors (Lipinski definition) is 1. The Morgan fingerprint density at radius 1 is 1.17 bits per heavy atom. The molecule has 4 heterocycles. The van der Waals surface area contributed by atoms with Crippen molar-refractivity contribution in [3.8, 4) is 0 Å². The molecular weight excluding hydrogens is 392 g/mol. The number of ether oxygens (including phenoxy) is 1. The lowest BCUT2D eigenvalue weighted by atomic mass is 9.75. The van der Waals surface area contributed by atoms with Gasteiger partial charge in [0.2, 0.25) is 5.95 Å². The molecule has 4 rings (SSSR count). The summed E-state index contributed by atoms with van der Waals surface area (Å²) in [6.45, 7) is 7.09. The SMILES string of the molecule is CC(C)(C)OC(=O)N1C2CCC1CC([C@H]1CCN(c3ncc(Cl)cn3)C[C@H]1O)C2. The van der Waals surface area contributed by atoms with Crippen LogP contribution in [-0.2, 0) is 4.74 Å². The molecule has 160 valence electrons. The van der Waals surface area contributed by atoms with Crippen LogP contribution in [-0.4, -0.2) is 62.9 Å². The smallest absolute Gasteiger partial charge is 0.410 e. The Kier molecular flexibility index (Phi) is 5.64. The zero-order valence-electron chi connectivity index (χ0n) is 17.4. The van der Waals surface area contributed by atoms with E-state index in [0.29, 0.717) is 23.4 Å². The normalized spacial score (nSPS) is 32.4. The lowest BCUT2D eigenvalue weighted by Gasteiger charge is -2.45. The van der Waals surface area contributed by atoms with Crippen molar-refractivity contribution in [2.45, 2.75) is 76.7 Å². The highest BCUT2D eigenvalue weighted by atomic mass is 35.5. The molecule has 3 saturated heterocycles. The Hall–Kier alpha value is -1.60. The summed E-state index contributed by atoms with van der Waals surface area (Å²) in [6, 6.07) is 0.469. The summed E-state index contributed by atoms with van der Waals surface area (Å²) >= 11 is 5.88. The molecule has 2 unspecified atom stereocenters. The number of aromatic nitrogens is 2. The van der Waals surface area contributed by atoms with E-state index in [1.54, 1.807) is 12.4 Å². The molecule has 0 saturated carbocycles. The van der Waals surface area contributed by atoms with Crippen LogP contribution >= 0.6 is 11.6 Å². The number of aliphatic hydroxyl groups is 1. The average molecular weight is 423 g/mol. The van der Waals surface area contributed by atoms with Gasteiger partial charge in [-0.1, -0.05) is 11.6 Å². The van der Waals surface area contributed by atoms with Gasteiger partial charge >= 0.3 is 6.09 Å². The number of amides is 1. The third kappa shape index (κ3) is 4.45. The number of halogens is 1. The number of fused-ring (bicyclic) bond motifs is 2. The first kappa shape index (κ1) is 20.7. The zero-order valence-corrected chi connectivity index (χ0v) is 18.2. The summed E-state index contributed by atoms with van der Waals surface area (Å²) in [5, 5.41) is 11.4. The van der Waals surface area contributed by atoms with Gasteiger partial charge in [-0.2, -0.15) is 0 Å². The summed E-state index contributed by atoms with van der Waals surface area (Å²) < 4.78 is 5.64. The van der Waals surface area contributed by atoms with Crippen LogP contribution in [0.2, 0.25) is 5.02 Å². The minimum Gasteiger partial charge on any atom is -0.444 e. The number of β-amino-alcohol motifs (C(OH)–C–C–N with tert-alkyl or cyclic N) is 1. The van der Waals surface area contributed by atoms with Gasteiger partial charge < -0.3 is 19.6 Å². The first-order chi connectivity index (χ1) is 13.7. The number of anilines is 1. The van der Waals surface area contributed by atoms with Crippen molar-refractivity contribution in [2.24, 2.45) is 11.8 Å². The molecule has 1 N–H and O–H groups in total. The van der Waals surface area contributed by atoms with E-state index < -0.39 is 11.7 Å². The molecule has 1 aromatic heterocycles. The van der Waals surface area contributed by atoms with Crippen molar-refractivity contribution in [1.82, 2.24) is 14.9 Å². The van der Waals surface area contributed by atoms with Crippen LogP contribution in [0.5, 0.6) is 0 Å². The van der Waals surface area contributed by atoms with Gasteiger partial charge in [0, 0.05) is 25.2 Å². The minimum absolute atomic E-state index is 0.182. The summed E-state index contributed by atoms with van der Waals surface area (Å²) in [4.78, 5) is 25.2. The van der Waals surface area contributed by atoms with Gasteiger partial charge in [0.1, 0.15) is 5.60 Å². The minimum atomic E-state index is -0.472. The summed E-state index contributed by atoms with van der Waals surface area (Å²) in [7, 11) is 0. The summed E-state index contributed by atoms with van der Waals surface area (Å²) in [5.74, 6) is 1.31. The molecule has 4 atom stereocenters. The Balaban J connectivity index is 1.37. The molecule has 0 aromatic carbocycles. The van der Waals surface area contributed by atoms with Gasteiger partial charge in [-0.15, -0.1) is 0 Å². The highest BCUT2D eigenvalue weighted by molar-refractivity contribution is 6.30. The second kappa shape index (κ2) is 7.91. The number of hydrogen-bond acceptors (Lipinski definition) is 6. The third-order valence-electron chi connectivity index (χ3n) is 6.50. The molecule has 3 aliphatic rings. The monoisotopic (exact) mass is 422 g/mol. The van der Waals surface area contributed by atoms with Gasteiger partial charge in [-0.05, 0) is 64.7 Å². The van der Waals surface area contributed by atoms with Crippen molar-refractivity contribution < 1.29 is 14.6 Å². The molecule has 29 heavy (non-hydrogen) atoms. The Bertz CT molecular complexity index is 724. The van der Waals surface area contributed by atoms with Crippen LogP contribution in [0.15, 0.2) is 12.4 Å². The predicted molar refractivity (Wildman–Crippen MR) is 111 cm³/mol. The molecule has 1 amide bonds. The number of piperidine rings is 2. The quantitative estimate of drug-likeness (QED) is 0.785. The predicted octanol–water partition coefficient (Wildman–Crippen LogP) is 3.50. The van der Waals surface area contributed by atoms with Crippen molar-refractivity contribution >= 4 is 23.6 Å². The number of nitrogens with zero attached hydrogens (tertiary/aromatic N) is 4. The fraction of sp³-hybridized carbons (Fsp3) is 0.762. The van der Waals surface area contributed by atoms with Crippen LogP contribution in [0.1, 0.15) is 52.9 Å². The number of aliphatic hydroxyl groups excluding tert-OH is 1. The van der Waals surface area contributed by atoms with Gasteiger partial charge in [0.15, 0.2) is 0 Å². The topological polar surface area (TPSA) is 78.8 Å². The van der Waals surface area contributed by atoms with E-state index in [2.05, 4.69) is 9.97 Å². The molecular formula is C21H31ClN4O3. The van der Waals surface area contributed by atoms with Crippen LogP contribution in [0, 0.1) is 11.8 Å². The van der Waals surface area contributed by atoms with E-state index in [9.17, 15) is 9.90 Å². The Morgan fingerprint density at radius 2 is 1.79 bits per heavy atom. The Labute approximate surface area is 177 Å². The highest BCUT2D eigenvalue weighted by Gasteiger charge is 2.48. The van der Waals surface area contributed by atoms with Crippen molar-refractivity contribution in [2.75, 3.05) is 18.0 Å². The molecule has 3 aliphatic heterocycles. The standard InChI is InChI=1S/C21H31ClN4O3/c1-21(2,3)29-20(28)26-15-4-5-16(26)9-13(8-15)17-6-7-25(12-18(17)27)19-23-10-14(22)11-24-19/h10-11,13,15-18,27H,4-9,12H2,1-3H3/t13?,15?,16?,17-,18-/m1/s1. The second-order valence-electron chi connectivity index (χ2n) is 9.67. The number of carbonyl (C=O) groups is 1. The fourth-order valence-corrected chi connectivity index (χ4v) is 5.43. The van der Waals surface area contributed by atoms with E-state index >= 15 is 0 Å². The van der Waals surface area contributed by atoms with E-state index in [1.165, 1.54) is 0 Å². The molecule has 0 spiro atoms. The maximum atomic E-state index is 12.7. The van der Waals surface area contributed by atoms with Crippen LogP contribution in [0.25, 0.3) is 0 Å². The third-order valence-corrected chi connectivity index (χ3v) is 6.70. The van der Waals surface area contributed by atoms with Crippen LogP contribution in [0.3, 0.4) is 0 Å². The molecule has 1 aromatic rings. The summed E-state index contributed by atoms with van der Waals surface area (Å²) in [6.07, 6.45) is 7.47. The van der Waals surface area contributed by atoms with E-state index in [1.807, 2.05) is 30.6 Å². The van der Waals surface area contributed by atoms with E-state index in [-0.39, 0.29) is 24.1 Å². The van der Waals surface area contributed by atoms with Crippen molar-refractivity contribution in [3.05, 3.63) is 17.4 Å². The van der Waals surface area contributed by atoms with E-state index in [4.69, 9.17) is 16.3 Å². The number of rotatable bonds is 2. The molecule has 2 bridgehead atoms. The fourth-order valence-electron chi connectivity index (χ4n) is 5.33. The average Bonchev–Trinajstić information content (AvgIpc) is 2.91. The lowest BCUT2D eigenvalue weighted by Crippen LogP contribution is -2.53. The molecule has 3 fully saturated rings. The first-order valence-electron chi connectivity index (χ1n) is 10.6. The first-order valence-corrected chi connectivity index (χ1v) is 11.0. The largest absolute Gasteiger partial charge is 0.444 e. The molecule has 8 heteroatoms. The van der Waals surface area contributed by atoms with Crippen LogP contribution < -0.4 is 4.90 Å². The second-order valence-corrected chi connectivity index (χ2v) is 10.1.